The molecule has 0 saturated carbocycles. The van der Waals surface area contributed by atoms with E-state index in [9.17, 15) is 9.90 Å². The summed E-state index contributed by atoms with van der Waals surface area (Å²) in [4.78, 5) is 18.2. The van der Waals surface area contributed by atoms with Gasteiger partial charge in [-0.1, -0.05) is 29.5 Å². The summed E-state index contributed by atoms with van der Waals surface area (Å²) in [6, 6.07) is 11.3. The van der Waals surface area contributed by atoms with Gasteiger partial charge in [-0.25, -0.2) is 4.79 Å². The number of anilines is 1. The highest BCUT2D eigenvalue weighted by atomic mass is 32.2. The summed E-state index contributed by atoms with van der Waals surface area (Å²) in [6.45, 7) is 3.92. The number of aromatic hydroxyl groups is 1. The molecule has 0 amide bonds. The van der Waals surface area contributed by atoms with Gasteiger partial charge >= 0.3 is 5.97 Å². The van der Waals surface area contributed by atoms with Crippen molar-refractivity contribution in [1.82, 2.24) is 4.98 Å². The summed E-state index contributed by atoms with van der Waals surface area (Å²) in [6.07, 6.45) is 1.59. The van der Waals surface area contributed by atoms with Crippen LogP contribution in [0.15, 0.2) is 56.8 Å². The molecule has 0 aliphatic carbocycles. The van der Waals surface area contributed by atoms with Crippen LogP contribution in [0, 0.1) is 6.92 Å². The number of fused-ring (bicyclic) bond motifs is 3. The first-order chi connectivity index (χ1) is 13.5. The molecular weight excluding hydrogens is 376 g/mol. The fourth-order valence-corrected chi connectivity index (χ4v) is 4.09. The van der Waals surface area contributed by atoms with Gasteiger partial charge in [-0.05, 0) is 38.1 Å². The number of ether oxygens (including phenoxy) is 1. The molecule has 2 aromatic carbocycles. The Kier molecular flexibility index (Phi) is 4.60. The lowest BCUT2D eigenvalue weighted by Crippen LogP contribution is -2.06. The highest BCUT2D eigenvalue weighted by molar-refractivity contribution is 7.99. The number of rotatable bonds is 4. The minimum absolute atomic E-state index is 0.0278. The van der Waals surface area contributed by atoms with Gasteiger partial charge in [0.25, 0.3) is 0 Å². The van der Waals surface area contributed by atoms with Crippen molar-refractivity contribution < 1.29 is 19.1 Å². The Morgan fingerprint density at radius 2 is 2.04 bits per heavy atom. The summed E-state index contributed by atoms with van der Waals surface area (Å²) in [5.74, 6) is -0.665. The third-order valence-corrected chi connectivity index (χ3v) is 5.48. The maximum absolute atomic E-state index is 12.6. The van der Waals surface area contributed by atoms with Crippen molar-refractivity contribution in [2.24, 2.45) is 0 Å². The lowest BCUT2D eigenvalue weighted by Gasteiger charge is -2.10. The van der Waals surface area contributed by atoms with Crippen LogP contribution in [0.3, 0.4) is 0 Å². The van der Waals surface area contributed by atoms with Crippen LogP contribution in [0.1, 0.15) is 22.8 Å². The lowest BCUT2D eigenvalue weighted by molar-refractivity contribution is 0.0529. The molecule has 3 N–H and O–H groups in total. The van der Waals surface area contributed by atoms with E-state index in [2.05, 4.69) is 4.98 Å². The Morgan fingerprint density at radius 1 is 1.29 bits per heavy atom. The summed E-state index contributed by atoms with van der Waals surface area (Å²) in [5.41, 5.74) is 8.05. The first-order valence-electron chi connectivity index (χ1n) is 8.74. The zero-order valence-corrected chi connectivity index (χ0v) is 16.2. The number of furan rings is 1. The summed E-state index contributed by atoms with van der Waals surface area (Å²) in [5, 5.41) is 12.0. The number of benzene rings is 2. The molecule has 6 nitrogen and oxygen atoms in total. The second kappa shape index (κ2) is 7.09. The first kappa shape index (κ1) is 18.2. The van der Waals surface area contributed by atoms with Crippen LogP contribution in [0.5, 0.6) is 5.75 Å². The molecule has 2 heterocycles. The van der Waals surface area contributed by atoms with E-state index < -0.39 is 5.97 Å². The number of phenols is 1. The standard InChI is InChI=1S/C21H18N2O4S/c1-3-26-21(25)15-14-18(27-20(15)22)13-5-4-10-23-16(13)17(24)19(14)28-12-8-6-11(2)7-9-12/h4-10,24H,3,22H2,1-2H3. The highest BCUT2D eigenvalue weighted by Crippen LogP contribution is 2.48. The topological polar surface area (TPSA) is 98.6 Å². The molecular formula is C21H18N2O4S. The fourth-order valence-electron chi connectivity index (χ4n) is 3.09. The molecule has 4 aromatic rings. The van der Waals surface area contributed by atoms with E-state index in [-0.39, 0.29) is 23.8 Å². The van der Waals surface area contributed by atoms with E-state index in [0.717, 1.165) is 10.5 Å². The molecule has 0 atom stereocenters. The Balaban J connectivity index is 2.05. The average Bonchev–Trinajstić information content (AvgIpc) is 3.04. The van der Waals surface area contributed by atoms with E-state index in [4.69, 9.17) is 14.9 Å². The maximum Gasteiger partial charge on any atom is 0.344 e. The Labute approximate surface area is 165 Å². The number of esters is 1. The molecule has 7 heteroatoms. The normalized spacial score (nSPS) is 11.2. The monoisotopic (exact) mass is 394 g/mol. The van der Waals surface area contributed by atoms with E-state index in [1.807, 2.05) is 31.2 Å². The zero-order valence-electron chi connectivity index (χ0n) is 15.4. The van der Waals surface area contributed by atoms with Crippen LogP contribution in [0.25, 0.3) is 21.9 Å². The van der Waals surface area contributed by atoms with Crippen LogP contribution < -0.4 is 5.73 Å². The SMILES string of the molecule is CCOC(=O)c1c(N)oc2c1c(Sc1ccc(C)cc1)c(O)c1ncccc12. The van der Waals surface area contributed by atoms with Gasteiger partial charge in [-0.3, -0.25) is 4.98 Å². The quantitative estimate of drug-likeness (QED) is 0.475. The van der Waals surface area contributed by atoms with Gasteiger partial charge in [0.1, 0.15) is 16.7 Å². The summed E-state index contributed by atoms with van der Waals surface area (Å²) in [7, 11) is 0. The molecule has 0 saturated heterocycles. The lowest BCUT2D eigenvalue weighted by atomic mass is 10.1. The van der Waals surface area contributed by atoms with Crippen molar-refractivity contribution in [2.75, 3.05) is 12.3 Å². The molecule has 4 rings (SSSR count). The van der Waals surface area contributed by atoms with E-state index in [0.29, 0.717) is 26.8 Å². The molecule has 28 heavy (non-hydrogen) atoms. The van der Waals surface area contributed by atoms with Crippen LogP contribution in [-0.2, 0) is 4.74 Å². The third kappa shape index (κ3) is 2.93. The van der Waals surface area contributed by atoms with E-state index in [1.54, 1.807) is 25.3 Å². The molecule has 0 radical (unpaired) electrons. The van der Waals surface area contributed by atoms with Crippen molar-refractivity contribution in [3.63, 3.8) is 0 Å². The van der Waals surface area contributed by atoms with Crippen LogP contribution in [0.4, 0.5) is 5.88 Å². The number of phenolic OH excluding ortho intramolecular Hbond substituents is 1. The second-order valence-corrected chi connectivity index (χ2v) is 7.34. The van der Waals surface area contributed by atoms with E-state index >= 15 is 0 Å². The van der Waals surface area contributed by atoms with Gasteiger partial charge in [-0.15, -0.1) is 0 Å². The number of hydrogen-bond donors (Lipinski definition) is 2. The van der Waals surface area contributed by atoms with Gasteiger partial charge in [-0.2, -0.15) is 0 Å². The number of nitrogens with two attached hydrogens (primary N) is 1. The number of hydrogen-bond acceptors (Lipinski definition) is 7. The van der Waals surface area contributed by atoms with Crippen LogP contribution in [0.2, 0.25) is 0 Å². The maximum atomic E-state index is 12.6. The third-order valence-electron chi connectivity index (χ3n) is 4.37. The number of aromatic nitrogens is 1. The predicted molar refractivity (Wildman–Crippen MR) is 109 cm³/mol. The van der Waals surface area contributed by atoms with Crippen molar-refractivity contribution >= 4 is 45.5 Å². The van der Waals surface area contributed by atoms with Crippen molar-refractivity contribution in [2.45, 2.75) is 23.6 Å². The number of aryl methyl sites for hydroxylation is 1. The van der Waals surface area contributed by atoms with Crippen molar-refractivity contribution in [1.29, 1.82) is 0 Å². The smallest absolute Gasteiger partial charge is 0.344 e. The van der Waals surface area contributed by atoms with Crippen molar-refractivity contribution in [3.8, 4) is 5.75 Å². The molecule has 0 unspecified atom stereocenters. The minimum Gasteiger partial charge on any atom is -0.505 e. The Morgan fingerprint density at radius 3 is 2.75 bits per heavy atom. The largest absolute Gasteiger partial charge is 0.505 e. The molecule has 142 valence electrons. The van der Waals surface area contributed by atoms with Gasteiger partial charge < -0.3 is 20.0 Å². The molecule has 0 spiro atoms. The summed E-state index contributed by atoms with van der Waals surface area (Å²) < 4.78 is 10.9. The Bertz CT molecular complexity index is 1200. The Hall–Kier alpha value is -3.19. The fraction of sp³-hybridized carbons (Fsp3) is 0.143. The van der Waals surface area contributed by atoms with Crippen LogP contribution in [-0.4, -0.2) is 22.7 Å². The zero-order chi connectivity index (χ0) is 19.8. The van der Waals surface area contributed by atoms with Gasteiger partial charge in [0.05, 0.1) is 16.9 Å². The first-order valence-corrected chi connectivity index (χ1v) is 9.56. The van der Waals surface area contributed by atoms with Crippen molar-refractivity contribution in [3.05, 3.63) is 53.7 Å². The number of nitrogen functional groups attached to an aromatic ring is 1. The molecule has 0 aliphatic heterocycles. The minimum atomic E-state index is -0.591. The predicted octanol–water partition coefficient (Wildman–Crippen LogP) is 4.91. The second-order valence-electron chi connectivity index (χ2n) is 6.26. The molecule has 0 aliphatic rings. The molecule has 2 aromatic heterocycles. The van der Waals surface area contributed by atoms with Gasteiger partial charge in [0.15, 0.2) is 5.75 Å². The number of nitrogens with zero attached hydrogens (tertiary/aromatic N) is 1. The highest BCUT2D eigenvalue weighted by Gasteiger charge is 2.28. The molecule has 0 bridgehead atoms. The van der Waals surface area contributed by atoms with Gasteiger partial charge in [0, 0.05) is 16.5 Å². The summed E-state index contributed by atoms with van der Waals surface area (Å²) >= 11 is 1.32. The number of pyridine rings is 1. The van der Waals surface area contributed by atoms with E-state index in [1.165, 1.54) is 11.8 Å². The average molecular weight is 394 g/mol. The van der Waals surface area contributed by atoms with Crippen LogP contribution >= 0.6 is 11.8 Å². The van der Waals surface area contributed by atoms with Gasteiger partial charge in [0.2, 0.25) is 5.88 Å². The number of carbonyl (C=O) groups is 1. The number of carbonyl (C=O) groups excluding carboxylic acids is 1. The molecule has 0 fully saturated rings.